The van der Waals surface area contributed by atoms with E-state index in [1.165, 1.54) is 11.0 Å². The Kier molecular flexibility index (Phi) is 3.62. The molecule has 0 bridgehead atoms. The zero-order chi connectivity index (χ0) is 18.5. The van der Waals surface area contributed by atoms with Gasteiger partial charge in [0.2, 0.25) is 16.6 Å². The highest BCUT2D eigenvalue weighted by atomic mass is 32.2. The molecule has 9 heteroatoms. The van der Waals surface area contributed by atoms with Gasteiger partial charge in [-0.1, -0.05) is 0 Å². The maximum atomic E-state index is 13.7. The summed E-state index contributed by atoms with van der Waals surface area (Å²) >= 11 is 0. The molecule has 0 N–H and O–H groups in total. The molecule has 134 valence electrons. The molecule has 2 aliphatic heterocycles. The lowest BCUT2D eigenvalue weighted by atomic mass is 10.2. The largest absolute Gasteiger partial charge is 0.465 e. The van der Waals surface area contributed by atoms with Gasteiger partial charge in [0, 0.05) is 18.0 Å². The Morgan fingerprint density at radius 2 is 1.92 bits per heavy atom. The zero-order valence-corrected chi connectivity index (χ0v) is 14.2. The van der Waals surface area contributed by atoms with Gasteiger partial charge in [-0.3, -0.25) is 0 Å². The molecule has 0 radical (unpaired) electrons. The highest BCUT2D eigenvalue weighted by Crippen LogP contribution is 2.43. The van der Waals surface area contributed by atoms with E-state index in [0.717, 1.165) is 25.4 Å². The van der Waals surface area contributed by atoms with Gasteiger partial charge in [0.15, 0.2) is 16.4 Å². The summed E-state index contributed by atoms with van der Waals surface area (Å²) in [7, 11) is -3.15. The zero-order valence-electron chi connectivity index (χ0n) is 13.4. The minimum Gasteiger partial charge on any atom is -0.465 e. The summed E-state index contributed by atoms with van der Waals surface area (Å²) in [5, 5.41) is 0. The third-order valence-corrected chi connectivity index (χ3v) is 5.78. The van der Waals surface area contributed by atoms with E-state index < -0.39 is 26.5 Å². The van der Waals surface area contributed by atoms with Crippen LogP contribution in [0.15, 0.2) is 52.4 Å². The Hall–Kier alpha value is -3.07. The van der Waals surface area contributed by atoms with E-state index in [0.29, 0.717) is 17.2 Å². The number of hydrogen-bond acceptors (Lipinski definition) is 7. The van der Waals surface area contributed by atoms with Crippen molar-refractivity contribution in [3.05, 3.63) is 53.3 Å². The van der Waals surface area contributed by atoms with E-state index in [-0.39, 0.29) is 17.4 Å². The molecule has 0 saturated carbocycles. The topological polar surface area (TPSA) is 82.1 Å². The number of rotatable bonds is 2. The molecule has 0 fully saturated rings. The lowest BCUT2D eigenvalue weighted by Gasteiger charge is -2.28. The van der Waals surface area contributed by atoms with E-state index in [2.05, 4.69) is 4.74 Å². The number of halogens is 1. The predicted octanol–water partition coefficient (Wildman–Crippen LogP) is 2.49. The van der Waals surface area contributed by atoms with Crippen LogP contribution in [0.4, 0.5) is 15.8 Å². The van der Waals surface area contributed by atoms with E-state index in [4.69, 9.17) is 9.47 Å². The molecular formula is C17H12FNO6S. The molecule has 2 aliphatic rings. The van der Waals surface area contributed by atoms with Crippen LogP contribution in [0, 0.1) is 5.82 Å². The maximum absolute atomic E-state index is 13.7. The smallest absolute Gasteiger partial charge is 0.351 e. The Balaban J connectivity index is 1.94. The summed E-state index contributed by atoms with van der Waals surface area (Å²) < 4.78 is 54.3. The quantitative estimate of drug-likeness (QED) is 0.744. The van der Waals surface area contributed by atoms with Gasteiger partial charge < -0.3 is 19.1 Å². The van der Waals surface area contributed by atoms with E-state index in [1.807, 2.05) is 0 Å². The molecule has 2 aromatic carbocycles. The molecule has 4 rings (SSSR count). The lowest BCUT2D eigenvalue weighted by Crippen LogP contribution is -2.26. The van der Waals surface area contributed by atoms with Crippen molar-refractivity contribution in [2.24, 2.45) is 0 Å². The molecule has 7 nitrogen and oxygen atoms in total. The van der Waals surface area contributed by atoms with E-state index in [1.54, 1.807) is 18.2 Å². The number of benzene rings is 2. The molecule has 0 aliphatic carbocycles. The number of ether oxygens (including phenoxy) is 3. The second kappa shape index (κ2) is 5.73. The van der Waals surface area contributed by atoms with Gasteiger partial charge in [0.05, 0.1) is 17.7 Å². The Labute approximate surface area is 148 Å². The molecule has 26 heavy (non-hydrogen) atoms. The molecule has 0 atom stereocenters. The summed E-state index contributed by atoms with van der Waals surface area (Å²) in [4.78, 5) is 12.6. The second-order valence-electron chi connectivity index (χ2n) is 5.51. The highest BCUT2D eigenvalue weighted by molar-refractivity contribution is 7.96. The number of hydrogen-bond donors (Lipinski definition) is 0. The SMILES string of the molecule is COC(=O)C1=CN(c2ccc3c(c2)OCO3)c2ccc(F)cc2S1(=O)=O. The summed E-state index contributed by atoms with van der Waals surface area (Å²) in [6, 6.07) is 8.32. The molecule has 0 unspecified atom stereocenters. The number of esters is 1. The van der Waals surface area contributed by atoms with Crippen molar-refractivity contribution in [2.75, 3.05) is 18.8 Å². The van der Waals surface area contributed by atoms with Crippen molar-refractivity contribution in [1.82, 2.24) is 0 Å². The van der Waals surface area contributed by atoms with E-state index >= 15 is 0 Å². The molecular weight excluding hydrogens is 365 g/mol. The van der Waals surface area contributed by atoms with Crippen LogP contribution in [0.5, 0.6) is 11.5 Å². The van der Waals surface area contributed by atoms with Crippen LogP contribution < -0.4 is 14.4 Å². The third kappa shape index (κ3) is 2.39. The Bertz CT molecular complexity index is 1060. The van der Waals surface area contributed by atoms with Crippen LogP contribution in [-0.2, 0) is 19.4 Å². The number of nitrogens with zero attached hydrogens (tertiary/aromatic N) is 1. The summed E-state index contributed by atoms with van der Waals surface area (Å²) in [6.45, 7) is 0.0816. The third-order valence-electron chi connectivity index (χ3n) is 4.03. The number of sulfone groups is 1. The van der Waals surface area contributed by atoms with Crippen molar-refractivity contribution in [3.63, 3.8) is 0 Å². The number of methoxy groups -OCH3 is 1. The van der Waals surface area contributed by atoms with Gasteiger partial charge in [-0.2, -0.15) is 0 Å². The normalized spacial score (nSPS) is 16.7. The van der Waals surface area contributed by atoms with Gasteiger partial charge in [-0.25, -0.2) is 17.6 Å². The van der Waals surface area contributed by atoms with Crippen LogP contribution in [0.25, 0.3) is 0 Å². The van der Waals surface area contributed by atoms with Gasteiger partial charge in [-0.05, 0) is 30.3 Å². The predicted molar refractivity (Wildman–Crippen MR) is 88.4 cm³/mol. The number of fused-ring (bicyclic) bond motifs is 2. The number of carbonyl (C=O) groups excluding carboxylic acids is 1. The minimum atomic E-state index is -4.22. The molecule has 2 heterocycles. The maximum Gasteiger partial charge on any atom is 0.351 e. The highest BCUT2D eigenvalue weighted by Gasteiger charge is 2.37. The first kappa shape index (κ1) is 16.4. The van der Waals surface area contributed by atoms with Crippen molar-refractivity contribution in [1.29, 1.82) is 0 Å². The monoisotopic (exact) mass is 377 g/mol. The average molecular weight is 377 g/mol. The fraction of sp³-hybridized carbons (Fsp3) is 0.118. The Morgan fingerprint density at radius 1 is 1.15 bits per heavy atom. The minimum absolute atomic E-state index is 0.0816. The summed E-state index contributed by atoms with van der Waals surface area (Å²) in [6.07, 6.45) is 1.15. The second-order valence-corrected chi connectivity index (χ2v) is 7.39. The molecule has 0 aromatic heterocycles. The average Bonchev–Trinajstić information content (AvgIpc) is 3.09. The number of carbonyl (C=O) groups is 1. The van der Waals surface area contributed by atoms with E-state index in [9.17, 15) is 17.6 Å². The van der Waals surface area contributed by atoms with Crippen LogP contribution in [-0.4, -0.2) is 28.3 Å². The first-order valence-corrected chi connectivity index (χ1v) is 8.94. The summed E-state index contributed by atoms with van der Waals surface area (Å²) in [5.41, 5.74) is 0.719. The van der Waals surface area contributed by atoms with Crippen molar-refractivity contribution < 1.29 is 31.8 Å². The van der Waals surface area contributed by atoms with Gasteiger partial charge in [-0.15, -0.1) is 0 Å². The lowest BCUT2D eigenvalue weighted by molar-refractivity contribution is -0.135. The molecule has 0 saturated heterocycles. The van der Waals surface area contributed by atoms with Crippen molar-refractivity contribution in [3.8, 4) is 11.5 Å². The molecule has 0 amide bonds. The van der Waals surface area contributed by atoms with Crippen molar-refractivity contribution >= 4 is 27.2 Å². The van der Waals surface area contributed by atoms with Crippen molar-refractivity contribution in [2.45, 2.75) is 4.90 Å². The van der Waals surface area contributed by atoms with Crippen LogP contribution >= 0.6 is 0 Å². The first-order valence-electron chi connectivity index (χ1n) is 7.45. The summed E-state index contributed by atoms with van der Waals surface area (Å²) in [5.74, 6) is -0.739. The molecule has 2 aromatic rings. The van der Waals surface area contributed by atoms with Gasteiger partial charge in [0.25, 0.3) is 0 Å². The standard InChI is InChI=1S/C17H12FNO6S/c1-23-17(20)16-8-19(11-3-5-13-14(7-11)25-9-24-13)12-4-2-10(18)6-15(12)26(16,21)22/h2-8H,9H2,1H3. The van der Waals surface area contributed by atoms with Gasteiger partial charge >= 0.3 is 5.97 Å². The fourth-order valence-electron chi connectivity index (χ4n) is 2.79. The molecule has 0 spiro atoms. The fourth-order valence-corrected chi connectivity index (χ4v) is 4.28. The van der Waals surface area contributed by atoms with Crippen LogP contribution in [0.2, 0.25) is 0 Å². The number of anilines is 2. The Morgan fingerprint density at radius 3 is 2.69 bits per heavy atom. The van der Waals surface area contributed by atoms with Crippen LogP contribution in [0.3, 0.4) is 0 Å². The van der Waals surface area contributed by atoms with Gasteiger partial charge in [0.1, 0.15) is 5.82 Å². The first-order chi connectivity index (χ1) is 12.4. The van der Waals surface area contributed by atoms with Crippen LogP contribution in [0.1, 0.15) is 0 Å².